The molecule has 0 saturated carbocycles. The van der Waals surface area contributed by atoms with Gasteiger partial charge in [0, 0.05) is 32.3 Å². The van der Waals surface area contributed by atoms with E-state index in [1.165, 1.54) is 19.3 Å². The van der Waals surface area contributed by atoms with Crippen LogP contribution in [0.5, 0.6) is 0 Å². The minimum atomic E-state index is 0.313. The van der Waals surface area contributed by atoms with Gasteiger partial charge in [0.05, 0.1) is 6.10 Å². The summed E-state index contributed by atoms with van der Waals surface area (Å²) in [5.74, 6) is 0. The Hall–Kier alpha value is -0.120. The van der Waals surface area contributed by atoms with Gasteiger partial charge in [0.2, 0.25) is 0 Å². The zero-order valence-electron chi connectivity index (χ0n) is 13.0. The maximum Gasteiger partial charge on any atom is 0.0701 e. The molecule has 0 spiro atoms. The number of nitrogens with one attached hydrogen (secondary N) is 1. The quantitative estimate of drug-likeness (QED) is 0.757. The maximum absolute atomic E-state index is 5.80. The van der Waals surface area contributed by atoms with Crippen molar-refractivity contribution in [2.75, 3.05) is 33.3 Å². The zero-order valence-corrected chi connectivity index (χ0v) is 13.0. The first-order valence-corrected chi connectivity index (χ1v) is 7.42. The highest BCUT2D eigenvalue weighted by atomic mass is 16.5. The van der Waals surface area contributed by atoms with Gasteiger partial charge >= 0.3 is 0 Å². The van der Waals surface area contributed by atoms with Crippen LogP contribution >= 0.6 is 0 Å². The van der Waals surface area contributed by atoms with Crippen LogP contribution in [0.15, 0.2) is 0 Å². The summed E-state index contributed by atoms with van der Waals surface area (Å²) < 4.78 is 5.80. The number of rotatable bonds is 7. The van der Waals surface area contributed by atoms with Gasteiger partial charge in [-0.2, -0.15) is 0 Å². The predicted octanol–water partition coefficient (Wildman–Crippen LogP) is 2.51. The molecule has 1 heterocycles. The number of nitrogens with zero attached hydrogens (tertiary/aromatic N) is 1. The molecule has 3 heteroatoms. The summed E-state index contributed by atoms with van der Waals surface area (Å²) in [6.45, 7) is 13.3. The molecule has 0 radical (unpaired) electrons. The third kappa shape index (κ3) is 6.72. The standard InChI is InChI=1S/C15H32N2O/c1-13(2)16-11-15(3,4)12-17(5)10-14-8-6-7-9-18-14/h13-14,16H,6-12H2,1-5H3. The summed E-state index contributed by atoms with van der Waals surface area (Å²) in [4.78, 5) is 2.43. The van der Waals surface area contributed by atoms with Crippen molar-refractivity contribution in [1.29, 1.82) is 0 Å². The summed E-state index contributed by atoms with van der Waals surface area (Å²) >= 11 is 0. The van der Waals surface area contributed by atoms with Gasteiger partial charge in [-0.1, -0.05) is 27.7 Å². The van der Waals surface area contributed by atoms with Crippen LogP contribution < -0.4 is 5.32 Å². The molecule has 0 bridgehead atoms. The molecule has 0 aromatic rings. The second-order valence-corrected chi connectivity index (χ2v) is 6.89. The van der Waals surface area contributed by atoms with E-state index >= 15 is 0 Å². The second-order valence-electron chi connectivity index (χ2n) is 6.89. The van der Waals surface area contributed by atoms with Crippen molar-refractivity contribution < 1.29 is 4.74 Å². The highest BCUT2D eigenvalue weighted by Crippen LogP contribution is 2.18. The van der Waals surface area contributed by atoms with Crippen molar-refractivity contribution in [3.05, 3.63) is 0 Å². The Bertz CT molecular complexity index is 223. The van der Waals surface area contributed by atoms with E-state index in [9.17, 15) is 0 Å². The van der Waals surface area contributed by atoms with E-state index in [0.717, 1.165) is 26.2 Å². The minimum absolute atomic E-state index is 0.313. The van der Waals surface area contributed by atoms with E-state index in [4.69, 9.17) is 4.74 Å². The molecule has 1 saturated heterocycles. The topological polar surface area (TPSA) is 24.5 Å². The van der Waals surface area contributed by atoms with Crippen molar-refractivity contribution in [3.8, 4) is 0 Å². The average Bonchev–Trinajstić information content (AvgIpc) is 2.27. The molecule has 1 unspecified atom stereocenters. The molecule has 1 fully saturated rings. The van der Waals surface area contributed by atoms with Crippen LogP contribution in [0.25, 0.3) is 0 Å². The fourth-order valence-corrected chi connectivity index (χ4v) is 2.63. The van der Waals surface area contributed by atoms with Gasteiger partial charge in [0.1, 0.15) is 0 Å². The van der Waals surface area contributed by atoms with Crippen LogP contribution in [0.4, 0.5) is 0 Å². The molecule has 18 heavy (non-hydrogen) atoms. The summed E-state index contributed by atoms with van der Waals surface area (Å²) in [6, 6.07) is 0.566. The molecule has 0 amide bonds. The molecular weight excluding hydrogens is 224 g/mol. The van der Waals surface area contributed by atoms with Gasteiger partial charge in [-0.3, -0.25) is 0 Å². The Balaban J connectivity index is 2.26. The second kappa shape index (κ2) is 7.46. The first-order chi connectivity index (χ1) is 8.39. The van der Waals surface area contributed by atoms with Crippen molar-refractivity contribution in [1.82, 2.24) is 10.2 Å². The van der Waals surface area contributed by atoms with Crippen molar-refractivity contribution in [2.45, 2.75) is 59.1 Å². The fraction of sp³-hybridized carbons (Fsp3) is 1.00. The van der Waals surface area contributed by atoms with Crippen molar-refractivity contribution in [2.24, 2.45) is 5.41 Å². The van der Waals surface area contributed by atoms with E-state index < -0.39 is 0 Å². The maximum atomic E-state index is 5.80. The molecule has 1 aliphatic rings. The summed E-state index contributed by atoms with van der Waals surface area (Å²) in [5, 5.41) is 3.54. The summed E-state index contributed by atoms with van der Waals surface area (Å²) in [5.41, 5.74) is 0.313. The molecule has 1 rings (SSSR count). The van der Waals surface area contributed by atoms with E-state index in [1.807, 2.05) is 0 Å². The smallest absolute Gasteiger partial charge is 0.0701 e. The van der Waals surface area contributed by atoms with E-state index in [2.05, 4.69) is 45.0 Å². The number of ether oxygens (including phenoxy) is 1. The van der Waals surface area contributed by atoms with Gasteiger partial charge < -0.3 is 15.0 Å². The van der Waals surface area contributed by atoms with Gasteiger partial charge in [-0.05, 0) is 31.7 Å². The van der Waals surface area contributed by atoms with E-state index in [0.29, 0.717) is 17.6 Å². The Morgan fingerprint density at radius 3 is 2.61 bits per heavy atom. The molecule has 1 N–H and O–H groups in total. The molecule has 108 valence electrons. The van der Waals surface area contributed by atoms with Gasteiger partial charge in [0.25, 0.3) is 0 Å². The lowest BCUT2D eigenvalue weighted by atomic mass is 9.92. The van der Waals surface area contributed by atoms with Crippen molar-refractivity contribution in [3.63, 3.8) is 0 Å². The Morgan fingerprint density at radius 1 is 1.33 bits per heavy atom. The van der Waals surface area contributed by atoms with E-state index in [-0.39, 0.29) is 0 Å². The van der Waals surface area contributed by atoms with Gasteiger partial charge in [-0.25, -0.2) is 0 Å². The normalized spacial score (nSPS) is 21.8. The molecule has 0 aromatic heterocycles. The third-order valence-electron chi connectivity index (χ3n) is 3.48. The first-order valence-electron chi connectivity index (χ1n) is 7.42. The van der Waals surface area contributed by atoms with Crippen LogP contribution in [0.2, 0.25) is 0 Å². The van der Waals surface area contributed by atoms with Crippen LogP contribution in [-0.4, -0.2) is 50.3 Å². The fourth-order valence-electron chi connectivity index (χ4n) is 2.63. The lowest BCUT2D eigenvalue weighted by Crippen LogP contribution is -2.43. The number of hydrogen-bond acceptors (Lipinski definition) is 3. The van der Waals surface area contributed by atoms with Crippen LogP contribution in [0.1, 0.15) is 47.0 Å². The van der Waals surface area contributed by atoms with Crippen molar-refractivity contribution >= 4 is 0 Å². The van der Waals surface area contributed by atoms with Gasteiger partial charge in [-0.15, -0.1) is 0 Å². The number of likely N-dealkylation sites (N-methyl/N-ethyl adjacent to an activating group) is 1. The lowest BCUT2D eigenvalue weighted by molar-refractivity contribution is -0.00624. The SMILES string of the molecule is CC(C)NCC(C)(C)CN(C)CC1CCCCO1. The highest BCUT2D eigenvalue weighted by molar-refractivity contribution is 4.78. The lowest BCUT2D eigenvalue weighted by Gasteiger charge is -2.34. The molecule has 0 aliphatic carbocycles. The number of hydrogen-bond donors (Lipinski definition) is 1. The predicted molar refractivity (Wildman–Crippen MR) is 78.0 cm³/mol. The highest BCUT2D eigenvalue weighted by Gasteiger charge is 2.23. The molecule has 0 aromatic carbocycles. The van der Waals surface area contributed by atoms with E-state index in [1.54, 1.807) is 0 Å². The monoisotopic (exact) mass is 256 g/mol. The largest absolute Gasteiger partial charge is 0.377 e. The van der Waals surface area contributed by atoms with Crippen LogP contribution in [0.3, 0.4) is 0 Å². The zero-order chi connectivity index (χ0) is 13.6. The molecule has 3 nitrogen and oxygen atoms in total. The first kappa shape index (κ1) is 15.9. The van der Waals surface area contributed by atoms with Crippen LogP contribution in [0, 0.1) is 5.41 Å². The molecule has 1 atom stereocenters. The average molecular weight is 256 g/mol. The molecular formula is C15H32N2O. The Morgan fingerprint density at radius 2 is 2.06 bits per heavy atom. The summed E-state index contributed by atoms with van der Waals surface area (Å²) in [7, 11) is 2.22. The Labute approximate surface area is 113 Å². The molecule has 1 aliphatic heterocycles. The minimum Gasteiger partial charge on any atom is -0.377 e. The third-order valence-corrected chi connectivity index (χ3v) is 3.48. The van der Waals surface area contributed by atoms with Gasteiger partial charge in [0.15, 0.2) is 0 Å². The van der Waals surface area contributed by atoms with Crippen LogP contribution in [-0.2, 0) is 4.74 Å². The Kier molecular flexibility index (Phi) is 6.61. The summed E-state index contributed by atoms with van der Waals surface area (Å²) in [6.07, 6.45) is 4.26.